The number of nitrogens with zero attached hydrogens (tertiary/aromatic N) is 1. The maximum atomic E-state index is 12.3. The molecule has 0 unspecified atom stereocenters. The molecule has 118 valence electrons. The number of carbonyl (C=O) groups is 2. The van der Waals surface area contributed by atoms with E-state index in [2.05, 4.69) is 10.6 Å². The van der Waals surface area contributed by atoms with E-state index in [1.165, 1.54) is 0 Å². The molecule has 2 aromatic carbocycles. The first-order chi connectivity index (χ1) is 11.1. The lowest BCUT2D eigenvalue weighted by Crippen LogP contribution is -2.28. The van der Waals surface area contributed by atoms with Crippen molar-refractivity contribution in [3.05, 3.63) is 64.7 Å². The third kappa shape index (κ3) is 3.63. The smallest absolute Gasteiger partial charge is 0.321 e. The Labute approximate surface area is 139 Å². The van der Waals surface area contributed by atoms with Gasteiger partial charge >= 0.3 is 6.03 Å². The van der Waals surface area contributed by atoms with Crippen LogP contribution in [0.15, 0.2) is 48.5 Å². The van der Waals surface area contributed by atoms with E-state index < -0.39 is 0 Å². The number of rotatable bonds is 4. The number of amides is 3. The summed E-state index contributed by atoms with van der Waals surface area (Å²) in [6.45, 7) is 1.64. The predicted molar refractivity (Wildman–Crippen MR) is 89.8 cm³/mol. The van der Waals surface area contributed by atoms with Crippen molar-refractivity contribution in [1.82, 2.24) is 10.6 Å². The van der Waals surface area contributed by atoms with Crippen LogP contribution in [0.3, 0.4) is 0 Å². The zero-order valence-electron chi connectivity index (χ0n) is 12.4. The van der Waals surface area contributed by atoms with Crippen LogP contribution in [0.5, 0.6) is 0 Å². The Balaban J connectivity index is 1.67. The Morgan fingerprint density at radius 1 is 1.22 bits per heavy atom. The van der Waals surface area contributed by atoms with E-state index in [0.29, 0.717) is 30.2 Å². The van der Waals surface area contributed by atoms with Crippen molar-refractivity contribution >= 4 is 29.2 Å². The van der Waals surface area contributed by atoms with Crippen LogP contribution in [0, 0.1) is 0 Å². The summed E-state index contributed by atoms with van der Waals surface area (Å²) in [5.74, 6) is -0.179. The number of urea groups is 1. The van der Waals surface area contributed by atoms with Crippen LogP contribution >= 0.6 is 11.6 Å². The highest BCUT2D eigenvalue weighted by Crippen LogP contribution is 2.18. The van der Waals surface area contributed by atoms with Crippen molar-refractivity contribution in [2.75, 3.05) is 18.0 Å². The summed E-state index contributed by atoms with van der Waals surface area (Å²) in [6, 6.07) is 14.2. The van der Waals surface area contributed by atoms with E-state index >= 15 is 0 Å². The molecule has 1 saturated heterocycles. The Kier molecular flexibility index (Phi) is 4.48. The van der Waals surface area contributed by atoms with Gasteiger partial charge in [-0.25, -0.2) is 4.79 Å². The molecule has 0 aromatic heterocycles. The van der Waals surface area contributed by atoms with E-state index in [9.17, 15) is 9.59 Å². The van der Waals surface area contributed by atoms with Crippen LogP contribution in [0.4, 0.5) is 10.5 Å². The highest BCUT2D eigenvalue weighted by molar-refractivity contribution is 6.30. The van der Waals surface area contributed by atoms with Crippen molar-refractivity contribution in [1.29, 1.82) is 0 Å². The molecule has 0 spiro atoms. The molecule has 2 N–H and O–H groups in total. The van der Waals surface area contributed by atoms with Gasteiger partial charge < -0.3 is 10.6 Å². The fourth-order valence-corrected chi connectivity index (χ4v) is 2.55. The van der Waals surface area contributed by atoms with Crippen molar-refractivity contribution in [2.24, 2.45) is 0 Å². The second kappa shape index (κ2) is 6.71. The van der Waals surface area contributed by atoms with Crippen LogP contribution in [0.25, 0.3) is 0 Å². The van der Waals surface area contributed by atoms with Gasteiger partial charge in [0.1, 0.15) is 0 Å². The molecule has 23 heavy (non-hydrogen) atoms. The van der Waals surface area contributed by atoms with Gasteiger partial charge in [0.2, 0.25) is 0 Å². The number of halogens is 1. The van der Waals surface area contributed by atoms with Crippen LogP contribution in [0.2, 0.25) is 5.02 Å². The average molecular weight is 330 g/mol. The van der Waals surface area contributed by atoms with Gasteiger partial charge in [-0.3, -0.25) is 9.69 Å². The number of anilines is 1. The molecule has 0 radical (unpaired) electrons. The Morgan fingerprint density at radius 3 is 2.70 bits per heavy atom. The number of benzene rings is 2. The summed E-state index contributed by atoms with van der Waals surface area (Å²) >= 11 is 5.84. The lowest BCUT2D eigenvalue weighted by molar-refractivity contribution is 0.0951. The lowest BCUT2D eigenvalue weighted by atomic mass is 10.1. The van der Waals surface area contributed by atoms with E-state index in [0.717, 1.165) is 11.3 Å². The zero-order valence-corrected chi connectivity index (χ0v) is 13.1. The number of hydrogen-bond donors (Lipinski definition) is 2. The highest BCUT2D eigenvalue weighted by Gasteiger charge is 2.21. The summed E-state index contributed by atoms with van der Waals surface area (Å²) in [7, 11) is 0. The first kappa shape index (κ1) is 15.4. The van der Waals surface area contributed by atoms with Crippen LogP contribution in [-0.4, -0.2) is 25.0 Å². The highest BCUT2D eigenvalue weighted by atomic mass is 35.5. The monoisotopic (exact) mass is 329 g/mol. The zero-order chi connectivity index (χ0) is 16.2. The maximum absolute atomic E-state index is 12.3. The predicted octanol–water partition coefficient (Wildman–Crippen LogP) is 2.80. The molecule has 2 aromatic rings. The van der Waals surface area contributed by atoms with Gasteiger partial charge in [-0.05, 0) is 35.9 Å². The fourth-order valence-electron chi connectivity index (χ4n) is 2.42. The number of carbonyl (C=O) groups excluding carboxylic acids is 2. The first-order valence-electron chi connectivity index (χ1n) is 7.31. The molecule has 1 heterocycles. The molecule has 0 bridgehead atoms. The van der Waals surface area contributed by atoms with Crippen molar-refractivity contribution in [3.63, 3.8) is 0 Å². The van der Waals surface area contributed by atoms with Crippen LogP contribution in [0.1, 0.15) is 15.9 Å². The van der Waals surface area contributed by atoms with E-state index in [4.69, 9.17) is 11.6 Å². The summed E-state index contributed by atoms with van der Waals surface area (Å²) in [5.41, 5.74) is 2.22. The van der Waals surface area contributed by atoms with E-state index in [1.807, 2.05) is 18.2 Å². The molecule has 0 atom stereocenters. The molecule has 3 rings (SSSR count). The largest absolute Gasteiger partial charge is 0.348 e. The summed E-state index contributed by atoms with van der Waals surface area (Å²) in [6.07, 6.45) is 0. The molecule has 1 aliphatic rings. The average Bonchev–Trinajstić information content (AvgIpc) is 3.00. The standard InChI is InChI=1S/C17H16ClN3O2/c18-14-6-4-12(5-7-14)11-20-16(22)13-2-1-3-15(10-13)21-9-8-19-17(21)23/h1-7,10H,8-9,11H2,(H,19,23)(H,20,22). The molecule has 0 aliphatic carbocycles. The molecule has 5 nitrogen and oxygen atoms in total. The minimum absolute atomic E-state index is 0.135. The lowest BCUT2D eigenvalue weighted by Gasteiger charge is -2.15. The first-order valence-corrected chi connectivity index (χ1v) is 7.69. The maximum Gasteiger partial charge on any atom is 0.321 e. The van der Waals surface area contributed by atoms with Gasteiger partial charge in [0, 0.05) is 35.9 Å². The van der Waals surface area contributed by atoms with Gasteiger partial charge in [0.25, 0.3) is 5.91 Å². The van der Waals surface area contributed by atoms with Gasteiger partial charge in [0.05, 0.1) is 0 Å². The third-order valence-electron chi connectivity index (χ3n) is 3.64. The molecule has 0 saturated carbocycles. The minimum atomic E-state index is -0.179. The summed E-state index contributed by atoms with van der Waals surface area (Å²) < 4.78 is 0. The summed E-state index contributed by atoms with van der Waals surface area (Å²) in [5, 5.41) is 6.27. The molecule has 3 amide bonds. The van der Waals surface area contributed by atoms with Gasteiger partial charge in [0.15, 0.2) is 0 Å². The third-order valence-corrected chi connectivity index (χ3v) is 3.90. The van der Waals surface area contributed by atoms with Gasteiger partial charge in [-0.15, -0.1) is 0 Å². The minimum Gasteiger partial charge on any atom is -0.348 e. The van der Waals surface area contributed by atoms with Crippen molar-refractivity contribution in [2.45, 2.75) is 6.54 Å². The van der Waals surface area contributed by atoms with Gasteiger partial charge in [-0.1, -0.05) is 29.8 Å². The molecular weight excluding hydrogens is 314 g/mol. The van der Waals surface area contributed by atoms with Crippen molar-refractivity contribution < 1.29 is 9.59 Å². The SMILES string of the molecule is O=C(NCc1ccc(Cl)cc1)c1cccc(N2CCNC2=O)c1. The van der Waals surface area contributed by atoms with Gasteiger partial charge in [-0.2, -0.15) is 0 Å². The van der Waals surface area contributed by atoms with E-state index in [1.54, 1.807) is 35.2 Å². The quantitative estimate of drug-likeness (QED) is 0.906. The number of hydrogen-bond acceptors (Lipinski definition) is 2. The number of nitrogens with one attached hydrogen (secondary N) is 2. The topological polar surface area (TPSA) is 61.4 Å². The fraction of sp³-hybridized carbons (Fsp3) is 0.176. The van der Waals surface area contributed by atoms with E-state index in [-0.39, 0.29) is 11.9 Å². The molecule has 1 fully saturated rings. The van der Waals surface area contributed by atoms with Crippen LogP contribution < -0.4 is 15.5 Å². The summed E-state index contributed by atoms with van der Waals surface area (Å²) in [4.78, 5) is 25.6. The normalized spacial score (nSPS) is 13.8. The second-order valence-corrected chi connectivity index (χ2v) is 5.68. The van der Waals surface area contributed by atoms with Crippen LogP contribution in [-0.2, 0) is 6.54 Å². The molecule has 1 aliphatic heterocycles. The Bertz CT molecular complexity index is 731. The van der Waals surface area contributed by atoms with Crippen molar-refractivity contribution in [3.8, 4) is 0 Å². The Hall–Kier alpha value is -2.53. The Morgan fingerprint density at radius 2 is 2.00 bits per heavy atom. The molecular formula is C17H16ClN3O2. The second-order valence-electron chi connectivity index (χ2n) is 5.24. The molecule has 6 heteroatoms.